The lowest BCUT2D eigenvalue weighted by Crippen LogP contribution is -2.40. The normalized spacial score (nSPS) is 15.1. The van der Waals surface area contributed by atoms with Crippen LogP contribution in [0.3, 0.4) is 0 Å². The summed E-state index contributed by atoms with van der Waals surface area (Å²) in [7, 11) is 1.51. The van der Waals surface area contributed by atoms with E-state index < -0.39 is 12.1 Å². The summed E-state index contributed by atoms with van der Waals surface area (Å²) in [5.74, 6) is -1.02. The molecule has 2 N–H and O–H groups in total. The van der Waals surface area contributed by atoms with Crippen LogP contribution >= 0.6 is 0 Å². The first kappa shape index (κ1) is 24.7. The number of methoxy groups -OCH3 is 1. The van der Waals surface area contributed by atoms with Gasteiger partial charge in [-0.25, -0.2) is 4.79 Å². The number of nitrogens with one attached hydrogen (secondary N) is 1. The number of hydrogen-bond acceptors (Lipinski definition) is 5. The van der Waals surface area contributed by atoms with E-state index in [1.807, 2.05) is 24.3 Å². The molecule has 1 saturated carbocycles. The molecule has 0 radical (unpaired) electrons. The zero-order valence-electron chi connectivity index (χ0n) is 19.9. The maximum atomic E-state index is 12.8. The predicted octanol–water partition coefficient (Wildman–Crippen LogP) is 3.50. The Bertz CT molecular complexity index is 1020. The molecule has 8 heteroatoms. The molecule has 0 heterocycles. The van der Waals surface area contributed by atoms with E-state index in [9.17, 15) is 14.4 Å². The van der Waals surface area contributed by atoms with Crippen LogP contribution in [-0.2, 0) is 19.1 Å². The highest BCUT2D eigenvalue weighted by Crippen LogP contribution is 2.44. The highest BCUT2D eigenvalue weighted by atomic mass is 16.5. The van der Waals surface area contributed by atoms with Crippen LogP contribution in [-0.4, -0.2) is 67.9 Å². The van der Waals surface area contributed by atoms with Crippen LogP contribution in [0.2, 0.25) is 0 Å². The Kier molecular flexibility index (Phi) is 8.02. The highest BCUT2D eigenvalue weighted by molar-refractivity contribution is 5.82. The molecule has 2 aromatic rings. The van der Waals surface area contributed by atoms with E-state index >= 15 is 0 Å². The van der Waals surface area contributed by atoms with E-state index in [0.29, 0.717) is 12.5 Å². The maximum absolute atomic E-state index is 12.8. The summed E-state index contributed by atoms with van der Waals surface area (Å²) in [6, 6.07) is 16.3. The Balaban J connectivity index is 1.31. The van der Waals surface area contributed by atoms with E-state index in [2.05, 4.69) is 29.6 Å². The lowest BCUT2D eigenvalue weighted by Gasteiger charge is -2.24. The Labute approximate surface area is 205 Å². The van der Waals surface area contributed by atoms with Crippen molar-refractivity contribution >= 4 is 18.0 Å². The summed E-state index contributed by atoms with van der Waals surface area (Å²) < 4.78 is 10.6. The van der Waals surface area contributed by atoms with Gasteiger partial charge in [0.25, 0.3) is 0 Å². The fourth-order valence-electron chi connectivity index (χ4n) is 4.85. The molecule has 0 spiro atoms. The monoisotopic (exact) mass is 480 g/mol. The minimum atomic E-state index is -1.06. The van der Waals surface area contributed by atoms with Crippen molar-refractivity contribution in [2.24, 2.45) is 11.8 Å². The Hall–Kier alpha value is -3.39. The van der Waals surface area contributed by atoms with Crippen LogP contribution in [0.1, 0.15) is 36.3 Å². The standard InChI is InChI=1S/C27H32N2O6/c1-34-13-12-29(16-26(31)32)25(30)14-19(18-10-11-18)15-28-27(33)35-17-24-22-8-4-2-6-20(22)21-7-3-5-9-23(21)24/h2-9,18-19,24H,10-17H2,1H3,(H,28,33)(H,31,32). The van der Waals surface area contributed by atoms with Crippen molar-refractivity contribution in [1.29, 1.82) is 0 Å². The molecule has 2 aliphatic rings. The first-order chi connectivity index (χ1) is 17.0. The third-order valence-corrected chi connectivity index (χ3v) is 6.82. The Morgan fingerprint density at radius 3 is 2.26 bits per heavy atom. The van der Waals surface area contributed by atoms with Gasteiger partial charge in [-0.1, -0.05) is 48.5 Å². The number of nitrogens with zero attached hydrogens (tertiary/aromatic N) is 1. The summed E-state index contributed by atoms with van der Waals surface area (Å²) >= 11 is 0. The van der Waals surface area contributed by atoms with Gasteiger partial charge >= 0.3 is 12.1 Å². The SMILES string of the molecule is COCCN(CC(=O)O)C(=O)CC(CNC(=O)OCC1c2ccccc2-c2ccccc21)C1CC1. The van der Waals surface area contributed by atoms with Crippen molar-refractivity contribution in [1.82, 2.24) is 10.2 Å². The molecule has 0 aliphatic heterocycles. The van der Waals surface area contributed by atoms with Gasteiger partial charge in [0.05, 0.1) is 6.61 Å². The number of benzene rings is 2. The fraction of sp³-hybridized carbons (Fsp3) is 0.444. The van der Waals surface area contributed by atoms with Crippen molar-refractivity contribution in [2.45, 2.75) is 25.2 Å². The number of aliphatic carboxylic acids is 1. The van der Waals surface area contributed by atoms with Gasteiger partial charge in [-0.3, -0.25) is 9.59 Å². The summed E-state index contributed by atoms with van der Waals surface area (Å²) in [5.41, 5.74) is 4.64. The molecule has 4 rings (SSSR count). The Morgan fingerprint density at radius 1 is 1.06 bits per heavy atom. The smallest absolute Gasteiger partial charge is 0.407 e. The second-order valence-corrected chi connectivity index (χ2v) is 9.21. The second kappa shape index (κ2) is 11.4. The molecule has 2 aromatic carbocycles. The average molecular weight is 481 g/mol. The van der Waals surface area contributed by atoms with Crippen LogP contribution in [0.25, 0.3) is 11.1 Å². The number of alkyl carbamates (subject to hydrolysis) is 1. The van der Waals surface area contributed by atoms with Crippen LogP contribution in [0, 0.1) is 11.8 Å². The molecule has 2 amide bonds. The lowest BCUT2D eigenvalue weighted by atomic mass is 9.98. The molecule has 1 fully saturated rings. The molecule has 8 nitrogen and oxygen atoms in total. The third-order valence-electron chi connectivity index (χ3n) is 6.82. The summed E-state index contributed by atoms with van der Waals surface area (Å²) in [4.78, 5) is 37.8. The van der Waals surface area contributed by atoms with Crippen LogP contribution in [0.4, 0.5) is 4.79 Å². The molecule has 0 bridgehead atoms. The van der Waals surface area contributed by atoms with Gasteiger partial charge in [-0.15, -0.1) is 0 Å². The lowest BCUT2D eigenvalue weighted by molar-refractivity contribution is -0.145. The van der Waals surface area contributed by atoms with Gasteiger partial charge < -0.3 is 24.8 Å². The number of carbonyl (C=O) groups is 3. The minimum absolute atomic E-state index is 0.0145. The molecular formula is C27H32N2O6. The van der Waals surface area contributed by atoms with Crippen molar-refractivity contribution in [3.05, 3.63) is 59.7 Å². The fourth-order valence-corrected chi connectivity index (χ4v) is 4.85. The van der Waals surface area contributed by atoms with Gasteiger partial charge in [-0.05, 0) is 46.9 Å². The van der Waals surface area contributed by atoms with E-state index in [-0.39, 0.29) is 50.5 Å². The zero-order valence-corrected chi connectivity index (χ0v) is 19.9. The third kappa shape index (κ3) is 6.19. The van der Waals surface area contributed by atoms with E-state index in [1.165, 1.54) is 23.1 Å². The first-order valence-electron chi connectivity index (χ1n) is 12.0. The number of rotatable bonds is 12. The molecule has 1 unspecified atom stereocenters. The van der Waals surface area contributed by atoms with Gasteiger partial charge in [0.1, 0.15) is 13.2 Å². The van der Waals surface area contributed by atoms with Gasteiger partial charge in [0, 0.05) is 32.5 Å². The van der Waals surface area contributed by atoms with Crippen molar-refractivity contribution < 1.29 is 29.0 Å². The number of hydrogen-bond donors (Lipinski definition) is 2. The topological polar surface area (TPSA) is 105 Å². The van der Waals surface area contributed by atoms with E-state index in [1.54, 1.807) is 0 Å². The molecule has 35 heavy (non-hydrogen) atoms. The largest absolute Gasteiger partial charge is 0.480 e. The predicted molar refractivity (Wildman–Crippen MR) is 130 cm³/mol. The number of fused-ring (bicyclic) bond motifs is 3. The quantitative estimate of drug-likeness (QED) is 0.482. The first-order valence-corrected chi connectivity index (χ1v) is 12.0. The maximum Gasteiger partial charge on any atom is 0.407 e. The minimum Gasteiger partial charge on any atom is -0.480 e. The van der Waals surface area contributed by atoms with Crippen LogP contribution in [0.15, 0.2) is 48.5 Å². The molecule has 1 atom stereocenters. The molecule has 0 saturated heterocycles. The van der Waals surface area contributed by atoms with Crippen LogP contribution < -0.4 is 5.32 Å². The molecular weight excluding hydrogens is 448 g/mol. The van der Waals surface area contributed by atoms with Crippen molar-refractivity contribution in [3.63, 3.8) is 0 Å². The van der Waals surface area contributed by atoms with Crippen molar-refractivity contribution in [3.8, 4) is 11.1 Å². The van der Waals surface area contributed by atoms with E-state index in [4.69, 9.17) is 14.6 Å². The Morgan fingerprint density at radius 2 is 1.69 bits per heavy atom. The van der Waals surface area contributed by atoms with Crippen molar-refractivity contribution in [2.75, 3.05) is 40.0 Å². The highest BCUT2D eigenvalue weighted by Gasteiger charge is 2.34. The van der Waals surface area contributed by atoms with Gasteiger partial charge in [-0.2, -0.15) is 0 Å². The van der Waals surface area contributed by atoms with E-state index in [0.717, 1.165) is 24.0 Å². The summed E-state index contributed by atoms with van der Waals surface area (Å²) in [5, 5.41) is 12.0. The summed E-state index contributed by atoms with van der Waals surface area (Å²) in [6.07, 6.45) is 1.68. The average Bonchev–Trinajstić information content (AvgIpc) is 3.65. The van der Waals surface area contributed by atoms with Gasteiger partial charge in [0.2, 0.25) is 5.91 Å². The number of ether oxygens (including phenoxy) is 2. The molecule has 2 aliphatic carbocycles. The number of carbonyl (C=O) groups excluding carboxylic acids is 2. The molecule has 0 aromatic heterocycles. The second-order valence-electron chi connectivity index (χ2n) is 9.21. The van der Waals surface area contributed by atoms with Crippen LogP contribution in [0.5, 0.6) is 0 Å². The number of amides is 2. The molecule has 186 valence electrons. The number of carboxylic acids is 1. The number of carboxylic acid groups (broad SMARTS) is 1. The van der Waals surface area contributed by atoms with Gasteiger partial charge in [0.15, 0.2) is 0 Å². The zero-order chi connectivity index (χ0) is 24.8. The summed E-state index contributed by atoms with van der Waals surface area (Å²) in [6.45, 7) is 0.678.